The molecule has 1 spiro atoms. The van der Waals surface area contributed by atoms with Crippen molar-refractivity contribution in [2.75, 3.05) is 72.1 Å². The van der Waals surface area contributed by atoms with Gasteiger partial charge < -0.3 is 19.8 Å². The van der Waals surface area contributed by atoms with Crippen molar-refractivity contribution in [2.45, 2.75) is 26.2 Å². The van der Waals surface area contributed by atoms with Crippen LogP contribution in [0.3, 0.4) is 0 Å². The van der Waals surface area contributed by atoms with Gasteiger partial charge in [-0.25, -0.2) is 0 Å². The van der Waals surface area contributed by atoms with Crippen LogP contribution < -0.4 is 0 Å². The van der Waals surface area contributed by atoms with Gasteiger partial charge >= 0.3 is 0 Å². The quantitative estimate of drug-likeness (QED) is 0.720. The van der Waals surface area contributed by atoms with Crippen molar-refractivity contribution < 1.29 is 14.7 Å². The molecule has 142 valence electrons. The van der Waals surface area contributed by atoms with E-state index >= 15 is 0 Å². The standard InChI is InChI=1S/C18H32N4O3/c1-2-19-8-10-20(11-9-19)14-16(24)22-7-5-18(15-22)4-3-6-21(12-13-23)17(18)25/h23H,2-15H2,1H3/t18-/m0/s1. The molecule has 0 aromatic carbocycles. The van der Waals surface area contributed by atoms with Crippen LogP contribution in [-0.2, 0) is 9.59 Å². The van der Waals surface area contributed by atoms with E-state index in [-0.39, 0.29) is 18.4 Å². The highest BCUT2D eigenvalue weighted by atomic mass is 16.3. The molecule has 1 atom stereocenters. The molecule has 3 aliphatic rings. The molecule has 3 saturated heterocycles. The fraction of sp³-hybridized carbons (Fsp3) is 0.889. The second kappa shape index (κ2) is 8.01. The van der Waals surface area contributed by atoms with Crippen molar-refractivity contribution in [1.29, 1.82) is 0 Å². The molecule has 0 aromatic heterocycles. The number of β-amino-alcohol motifs (C(OH)–C–C–N with tert-alkyl or cyclic N) is 1. The number of likely N-dealkylation sites (tertiary alicyclic amines) is 2. The second-order valence-electron chi connectivity index (χ2n) is 7.68. The van der Waals surface area contributed by atoms with Crippen molar-refractivity contribution in [3.05, 3.63) is 0 Å². The number of piperidine rings is 1. The van der Waals surface area contributed by atoms with Crippen LogP contribution in [0.4, 0.5) is 0 Å². The highest BCUT2D eigenvalue weighted by Gasteiger charge is 2.49. The number of carbonyl (C=O) groups is 2. The molecule has 0 bridgehead atoms. The van der Waals surface area contributed by atoms with Crippen LogP contribution in [0.15, 0.2) is 0 Å². The Morgan fingerprint density at radius 1 is 1.08 bits per heavy atom. The molecule has 0 aromatic rings. The first kappa shape index (κ1) is 18.6. The molecule has 3 fully saturated rings. The summed E-state index contributed by atoms with van der Waals surface area (Å²) < 4.78 is 0. The van der Waals surface area contributed by atoms with Gasteiger partial charge in [-0.1, -0.05) is 6.92 Å². The van der Waals surface area contributed by atoms with E-state index in [0.717, 1.165) is 58.5 Å². The fourth-order valence-electron chi connectivity index (χ4n) is 4.51. The Hall–Kier alpha value is -1.18. The first-order valence-corrected chi connectivity index (χ1v) is 9.71. The zero-order chi connectivity index (χ0) is 17.9. The van der Waals surface area contributed by atoms with Gasteiger partial charge in [0.05, 0.1) is 18.6 Å². The Labute approximate surface area is 150 Å². The molecule has 7 nitrogen and oxygen atoms in total. The summed E-state index contributed by atoms with van der Waals surface area (Å²) in [5.74, 6) is 0.300. The number of piperazine rings is 1. The summed E-state index contributed by atoms with van der Waals surface area (Å²) >= 11 is 0. The van der Waals surface area contributed by atoms with Crippen molar-refractivity contribution in [3.8, 4) is 0 Å². The molecule has 0 saturated carbocycles. The number of amides is 2. The molecule has 1 N–H and O–H groups in total. The normalized spacial score (nSPS) is 29.0. The van der Waals surface area contributed by atoms with Gasteiger partial charge in [-0.15, -0.1) is 0 Å². The Kier molecular flexibility index (Phi) is 5.96. The molecule has 0 aliphatic carbocycles. The lowest BCUT2D eigenvalue weighted by Gasteiger charge is -2.39. The average molecular weight is 352 g/mol. The minimum Gasteiger partial charge on any atom is -0.395 e. The summed E-state index contributed by atoms with van der Waals surface area (Å²) in [7, 11) is 0. The summed E-state index contributed by atoms with van der Waals surface area (Å²) in [4.78, 5) is 33.9. The van der Waals surface area contributed by atoms with Gasteiger partial charge in [-0.2, -0.15) is 0 Å². The van der Waals surface area contributed by atoms with Gasteiger partial charge in [0, 0.05) is 52.4 Å². The minimum atomic E-state index is -0.399. The highest BCUT2D eigenvalue weighted by molar-refractivity contribution is 5.86. The van der Waals surface area contributed by atoms with Crippen LogP contribution in [0.25, 0.3) is 0 Å². The number of carbonyl (C=O) groups excluding carboxylic acids is 2. The van der Waals surface area contributed by atoms with Crippen LogP contribution in [0.2, 0.25) is 0 Å². The topological polar surface area (TPSA) is 67.3 Å². The summed E-state index contributed by atoms with van der Waals surface area (Å²) in [6.07, 6.45) is 2.60. The van der Waals surface area contributed by atoms with E-state index in [2.05, 4.69) is 16.7 Å². The largest absolute Gasteiger partial charge is 0.395 e. The van der Waals surface area contributed by atoms with E-state index in [0.29, 0.717) is 26.2 Å². The number of aliphatic hydroxyl groups excluding tert-OH is 1. The maximum Gasteiger partial charge on any atom is 0.236 e. The lowest BCUT2D eigenvalue weighted by molar-refractivity contribution is -0.146. The smallest absolute Gasteiger partial charge is 0.236 e. The van der Waals surface area contributed by atoms with Crippen molar-refractivity contribution in [3.63, 3.8) is 0 Å². The van der Waals surface area contributed by atoms with Crippen LogP contribution in [0, 0.1) is 5.41 Å². The summed E-state index contributed by atoms with van der Waals surface area (Å²) in [5, 5.41) is 9.16. The summed E-state index contributed by atoms with van der Waals surface area (Å²) in [6, 6.07) is 0. The maximum absolute atomic E-state index is 12.8. The molecule has 3 aliphatic heterocycles. The third-order valence-electron chi connectivity index (χ3n) is 6.17. The Bertz CT molecular complexity index is 491. The van der Waals surface area contributed by atoms with Gasteiger partial charge in [-0.3, -0.25) is 14.5 Å². The van der Waals surface area contributed by atoms with E-state index in [9.17, 15) is 9.59 Å². The molecule has 0 unspecified atom stereocenters. The lowest BCUT2D eigenvalue weighted by atomic mass is 9.78. The van der Waals surface area contributed by atoms with Crippen molar-refractivity contribution >= 4 is 11.8 Å². The van der Waals surface area contributed by atoms with E-state index in [1.165, 1.54) is 0 Å². The highest BCUT2D eigenvalue weighted by Crippen LogP contribution is 2.40. The molecule has 7 heteroatoms. The molecule has 3 heterocycles. The molecule has 2 amide bonds. The van der Waals surface area contributed by atoms with Gasteiger partial charge in [-0.05, 0) is 25.8 Å². The van der Waals surface area contributed by atoms with Gasteiger partial charge in [0.2, 0.25) is 11.8 Å². The van der Waals surface area contributed by atoms with E-state index in [1.807, 2.05) is 4.90 Å². The molecule has 3 rings (SSSR count). The van der Waals surface area contributed by atoms with Crippen molar-refractivity contribution in [1.82, 2.24) is 19.6 Å². The minimum absolute atomic E-state index is 0.00814. The number of hydrogen-bond acceptors (Lipinski definition) is 5. The summed E-state index contributed by atoms with van der Waals surface area (Å²) in [6.45, 7) is 10.1. The van der Waals surface area contributed by atoms with E-state index in [1.54, 1.807) is 4.90 Å². The molecular weight excluding hydrogens is 320 g/mol. The number of likely N-dealkylation sites (N-methyl/N-ethyl adjacent to an activating group) is 1. The number of rotatable bonds is 5. The molecule has 0 radical (unpaired) electrons. The van der Waals surface area contributed by atoms with Crippen LogP contribution in [0.1, 0.15) is 26.2 Å². The van der Waals surface area contributed by atoms with E-state index in [4.69, 9.17) is 5.11 Å². The van der Waals surface area contributed by atoms with Crippen LogP contribution in [-0.4, -0.2) is 109 Å². The Morgan fingerprint density at radius 2 is 1.80 bits per heavy atom. The van der Waals surface area contributed by atoms with Gasteiger partial charge in [0.1, 0.15) is 0 Å². The fourth-order valence-corrected chi connectivity index (χ4v) is 4.51. The monoisotopic (exact) mass is 352 g/mol. The predicted octanol–water partition coefficient (Wildman–Crippen LogP) is -0.543. The summed E-state index contributed by atoms with van der Waals surface area (Å²) in [5.41, 5.74) is -0.399. The van der Waals surface area contributed by atoms with Gasteiger partial charge in [0.25, 0.3) is 0 Å². The molecular formula is C18H32N4O3. The van der Waals surface area contributed by atoms with Crippen LogP contribution >= 0.6 is 0 Å². The van der Waals surface area contributed by atoms with E-state index < -0.39 is 5.41 Å². The van der Waals surface area contributed by atoms with Gasteiger partial charge in [0.15, 0.2) is 0 Å². The second-order valence-corrected chi connectivity index (χ2v) is 7.68. The van der Waals surface area contributed by atoms with Crippen molar-refractivity contribution in [2.24, 2.45) is 5.41 Å². The Balaban J connectivity index is 1.53. The zero-order valence-corrected chi connectivity index (χ0v) is 15.5. The first-order valence-electron chi connectivity index (χ1n) is 9.71. The Morgan fingerprint density at radius 3 is 2.48 bits per heavy atom. The number of nitrogens with zero attached hydrogens (tertiary/aromatic N) is 4. The first-order chi connectivity index (χ1) is 12.1. The zero-order valence-electron chi connectivity index (χ0n) is 15.5. The number of hydrogen-bond donors (Lipinski definition) is 1. The third kappa shape index (κ3) is 3.99. The predicted molar refractivity (Wildman–Crippen MR) is 95.1 cm³/mol. The molecule has 25 heavy (non-hydrogen) atoms. The average Bonchev–Trinajstić information content (AvgIpc) is 3.05. The van der Waals surface area contributed by atoms with Crippen LogP contribution in [0.5, 0.6) is 0 Å². The lowest BCUT2D eigenvalue weighted by Crippen LogP contribution is -2.52. The number of aliphatic hydroxyl groups is 1. The third-order valence-corrected chi connectivity index (χ3v) is 6.17. The maximum atomic E-state index is 12.8. The SMILES string of the molecule is CCN1CCN(CC(=O)N2CC[C@@]3(CCCN(CCO)C3=O)C2)CC1.